The number of hydrogen-bond donors (Lipinski definition) is 2. The second-order valence-electron chi connectivity index (χ2n) is 2.05. The van der Waals surface area contributed by atoms with Crippen molar-refractivity contribution in [3.05, 3.63) is 5.01 Å². The van der Waals surface area contributed by atoms with Gasteiger partial charge in [0.1, 0.15) is 0 Å². The largest absolute Gasteiger partial charge is 0.374 e. The highest BCUT2D eigenvalue weighted by molar-refractivity contribution is 7.16. The van der Waals surface area contributed by atoms with Crippen LogP contribution in [0, 0.1) is 0 Å². The quantitative estimate of drug-likeness (QED) is 0.739. The number of hydrogen-bond acceptors (Lipinski definition) is 5. The zero-order valence-corrected chi connectivity index (χ0v) is 7.15. The molecule has 8 heteroatoms. The Morgan fingerprint density at radius 3 is 2.77 bits per heavy atom. The van der Waals surface area contributed by atoms with Crippen LogP contribution in [0.25, 0.3) is 0 Å². The van der Waals surface area contributed by atoms with Gasteiger partial charge in [-0.2, -0.15) is 0 Å². The molecular formula is C5H6F2N4OS. The van der Waals surface area contributed by atoms with Gasteiger partial charge in [0.15, 0.2) is 0 Å². The number of nitrogen functional groups attached to an aromatic ring is 1. The molecule has 1 rings (SSSR count). The molecule has 0 fully saturated rings. The van der Waals surface area contributed by atoms with E-state index in [0.29, 0.717) is 0 Å². The van der Waals surface area contributed by atoms with Gasteiger partial charge in [-0.05, 0) is 0 Å². The maximum Gasteiger partial charge on any atom is 0.282 e. The molecule has 0 spiro atoms. The number of halogens is 2. The number of carbonyl (C=O) groups excluding carboxylic acids is 1. The second-order valence-corrected chi connectivity index (χ2v) is 3.06. The molecular weight excluding hydrogens is 202 g/mol. The molecule has 1 aromatic rings. The molecule has 0 aromatic carbocycles. The summed E-state index contributed by atoms with van der Waals surface area (Å²) in [6, 6.07) is 0. The molecule has 0 bridgehead atoms. The van der Waals surface area contributed by atoms with Crippen molar-refractivity contribution in [1.29, 1.82) is 0 Å². The second kappa shape index (κ2) is 4.08. The Balaban J connectivity index is 2.49. The number of alkyl halides is 2. The number of anilines is 1. The van der Waals surface area contributed by atoms with Crippen molar-refractivity contribution in [1.82, 2.24) is 15.5 Å². The van der Waals surface area contributed by atoms with Crippen LogP contribution in [0.15, 0.2) is 0 Å². The number of nitrogens with two attached hydrogens (primary N) is 1. The van der Waals surface area contributed by atoms with Gasteiger partial charge in [-0.25, -0.2) is 8.78 Å². The van der Waals surface area contributed by atoms with E-state index >= 15 is 0 Å². The summed E-state index contributed by atoms with van der Waals surface area (Å²) in [5.41, 5.74) is 5.19. The Labute approximate surface area is 76.0 Å². The van der Waals surface area contributed by atoms with Crippen LogP contribution in [-0.2, 0) is 0 Å². The van der Waals surface area contributed by atoms with Crippen LogP contribution in [0.4, 0.5) is 13.9 Å². The van der Waals surface area contributed by atoms with Crippen LogP contribution in [0.5, 0.6) is 0 Å². The third-order valence-corrected chi connectivity index (χ3v) is 1.80. The molecule has 1 heterocycles. The van der Waals surface area contributed by atoms with Gasteiger partial charge < -0.3 is 11.1 Å². The molecule has 0 atom stereocenters. The first-order valence-corrected chi connectivity index (χ1v) is 4.06. The molecule has 0 aliphatic rings. The Morgan fingerprint density at radius 2 is 2.31 bits per heavy atom. The Kier molecular flexibility index (Phi) is 3.07. The SMILES string of the molecule is Nc1nnc(C(=O)NCC(F)F)s1. The van der Waals surface area contributed by atoms with Gasteiger partial charge in [0, 0.05) is 0 Å². The normalized spacial score (nSPS) is 10.4. The summed E-state index contributed by atoms with van der Waals surface area (Å²) < 4.78 is 23.3. The van der Waals surface area contributed by atoms with Crippen molar-refractivity contribution in [2.45, 2.75) is 6.43 Å². The average molecular weight is 208 g/mol. The standard InChI is InChI=1S/C5H6F2N4OS/c6-2(7)1-9-3(12)4-10-11-5(8)13-4/h2H,1H2,(H2,8,11)(H,9,12). The molecule has 5 nitrogen and oxygen atoms in total. The molecule has 1 amide bonds. The van der Waals surface area contributed by atoms with Gasteiger partial charge in [0.2, 0.25) is 10.1 Å². The zero-order valence-electron chi connectivity index (χ0n) is 6.33. The maximum atomic E-state index is 11.6. The van der Waals surface area contributed by atoms with Gasteiger partial charge in [-0.3, -0.25) is 4.79 Å². The van der Waals surface area contributed by atoms with Crippen LogP contribution in [0.1, 0.15) is 9.80 Å². The van der Waals surface area contributed by atoms with Crippen molar-refractivity contribution in [3.8, 4) is 0 Å². The van der Waals surface area contributed by atoms with Crippen LogP contribution in [0.2, 0.25) is 0 Å². The number of aromatic nitrogens is 2. The Morgan fingerprint density at radius 1 is 1.62 bits per heavy atom. The number of nitrogens with zero attached hydrogens (tertiary/aromatic N) is 2. The molecule has 0 aliphatic carbocycles. The van der Waals surface area contributed by atoms with Gasteiger partial charge in [0.25, 0.3) is 12.3 Å². The molecule has 13 heavy (non-hydrogen) atoms. The van der Waals surface area contributed by atoms with Gasteiger partial charge >= 0.3 is 0 Å². The maximum absolute atomic E-state index is 11.6. The molecule has 0 saturated heterocycles. The topological polar surface area (TPSA) is 80.9 Å². The smallest absolute Gasteiger partial charge is 0.282 e. The predicted molar refractivity (Wildman–Crippen MR) is 42.7 cm³/mol. The summed E-state index contributed by atoms with van der Waals surface area (Å²) in [7, 11) is 0. The first kappa shape index (κ1) is 9.78. The van der Waals surface area contributed by atoms with Gasteiger partial charge in [-0.1, -0.05) is 11.3 Å². The van der Waals surface area contributed by atoms with Gasteiger partial charge in [-0.15, -0.1) is 10.2 Å². The third-order valence-electron chi connectivity index (χ3n) is 1.05. The number of amides is 1. The van der Waals surface area contributed by atoms with Crippen LogP contribution < -0.4 is 11.1 Å². The van der Waals surface area contributed by atoms with E-state index < -0.39 is 18.9 Å². The fourth-order valence-electron chi connectivity index (χ4n) is 0.572. The molecule has 72 valence electrons. The Hall–Kier alpha value is -1.31. The predicted octanol–water partition coefficient (Wildman–Crippen LogP) is 0.115. The summed E-state index contributed by atoms with van der Waals surface area (Å²) in [4.78, 5) is 11.0. The highest BCUT2D eigenvalue weighted by atomic mass is 32.1. The van der Waals surface area contributed by atoms with Crippen molar-refractivity contribution in [2.24, 2.45) is 0 Å². The van der Waals surface area contributed by atoms with E-state index in [-0.39, 0.29) is 10.1 Å². The zero-order chi connectivity index (χ0) is 9.84. The summed E-state index contributed by atoms with van der Waals surface area (Å²) in [5, 5.41) is 8.83. The first-order chi connectivity index (χ1) is 6.09. The molecule has 0 unspecified atom stereocenters. The van der Waals surface area contributed by atoms with E-state index in [1.54, 1.807) is 0 Å². The highest BCUT2D eigenvalue weighted by Crippen LogP contribution is 2.10. The van der Waals surface area contributed by atoms with Crippen molar-refractivity contribution < 1.29 is 13.6 Å². The molecule has 0 saturated carbocycles. The molecule has 3 N–H and O–H groups in total. The van der Waals surface area contributed by atoms with E-state index in [4.69, 9.17) is 5.73 Å². The summed E-state index contributed by atoms with van der Waals surface area (Å²) in [5.74, 6) is -0.686. The van der Waals surface area contributed by atoms with E-state index in [1.165, 1.54) is 0 Å². The molecule has 0 aliphatic heterocycles. The van der Waals surface area contributed by atoms with E-state index in [0.717, 1.165) is 11.3 Å². The van der Waals surface area contributed by atoms with Crippen molar-refractivity contribution in [3.63, 3.8) is 0 Å². The Bertz CT molecular complexity index is 302. The lowest BCUT2D eigenvalue weighted by Gasteiger charge is -1.99. The van der Waals surface area contributed by atoms with Crippen LogP contribution >= 0.6 is 11.3 Å². The lowest BCUT2D eigenvalue weighted by molar-refractivity contribution is 0.0890. The summed E-state index contributed by atoms with van der Waals surface area (Å²) >= 11 is 0.846. The summed E-state index contributed by atoms with van der Waals surface area (Å²) in [6.07, 6.45) is -2.57. The minimum atomic E-state index is -2.57. The number of nitrogens with one attached hydrogen (secondary N) is 1. The number of carbonyl (C=O) groups is 1. The lowest BCUT2D eigenvalue weighted by atomic mass is 10.6. The van der Waals surface area contributed by atoms with E-state index in [2.05, 4.69) is 10.2 Å². The summed E-state index contributed by atoms with van der Waals surface area (Å²) in [6.45, 7) is -0.696. The molecule has 1 aromatic heterocycles. The van der Waals surface area contributed by atoms with Crippen LogP contribution in [0.3, 0.4) is 0 Å². The van der Waals surface area contributed by atoms with Crippen LogP contribution in [-0.4, -0.2) is 29.1 Å². The first-order valence-electron chi connectivity index (χ1n) is 3.25. The average Bonchev–Trinajstić information content (AvgIpc) is 2.47. The lowest BCUT2D eigenvalue weighted by Crippen LogP contribution is -2.28. The minimum absolute atomic E-state index is 0.0156. The number of rotatable bonds is 3. The monoisotopic (exact) mass is 208 g/mol. The third kappa shape index (κ3) is 2.90. The van der Waals surface area contributed by atoms with Gasteiger partial charge in [0.05, 0.1) is 6.54 Å². The fourth-order valence-corrected chi connectivity index (χ4v) is 1.10. The van der Waals surface area contributed by atoms with Crippen molar-refractivity contribution >= 4 is 22.4 Å². The van der Waals surface area contributed by atoms with E-state index in [1.807, 2.05) is 5.32 Å². The minimum Gasteiger partial charge on any atom is -0.374 e. The fraction of sp³-hybridized carbons (Fsp3) is 0.400. The molecule has 0 radical (unpaired) electrons. The van der Waals surface area contributed by atoms with Crippen molar-refractivity contribution in [2.75, 3.05) is 12.3 Å². The highest BCUT2D eigenvalue weighted by Gasteiger charge is 2.12. The van der Waals surface area contributed by atoms with E-state index in [9.17, 15) is 13.6 Å².